The Bertz CT molecular complexity index is 580. The van der Waals surface area contributed by atoms with Crippen LogP contribution in [0.4, 0.5) is 4.39 Å². The maximum atomic E-state index is 13.4. The lowest BCUT2D eigenvalue weighted by molar-refractivity contribution is 0.414. The van der Waals surface area contributed by atoms with Crippen molar-refractivity contribution in [1.29, 1.82) is 0 Å². The number of nitrogens with one attached hydrogen (secondary N) is 1. The fourth-order valence-electron chi connectivity index (χ4n) is 2.47. The van der Waals surface area contributed by atoms with Crippen molar-refractivity contribution < 1.29 is 9.13 Å². The smallest absolute Gasteiger partial charge is 0.123 e. The van der Waals surface area contributed by atoms with Gasteiger partial charge >= 0.3 is 0 Å². The average molecular weight is 287 g/mol. The van der Waals surface area contributed by atoms with Crippen LogP contribution < -0.4 is 10.1 Å². The molecule has 112 valence electrons. The molecule has 0 radical (unpaired) electrons. The summed E-state index contributed by atoms with van der Waals surface area (Å²) in [5.41, 5.74) is 3.34. The van der Waals surface area contributed by atoms with E-state index in [-0.39, 0.29) is 11.9 Å². The summed E-state index contributed by atoms with van der Waals surface area (Å²) in [5.74, 6) is 0.663. The number of aryl methyl sites for hydroxylation is 1. The largest absolute Gasteiger partial charge is 0.497 e. The zero-order valence-corrected chi connectivity index (χ0v) is 12.8. The highest BCUT2D eigenvalue weighted by Crippen LogP contribution is 2.23. The van der Waals surface area contributed by atoms with Gasteiger partial charge in [0.2, 0.25) is 0 Å². The molecule has 0 amide bonds. The molecule has 1 unspecified atom stereocenters. The predicted octanol–water partition coefficient (Wildman–Crippen LogP) is 4.04. The van der Waals surface area contributed by atoms with E-state index in [4.69, 9.17) is 4.74 Å². The van der Waals surface area contributed by atoms with Crippen molar-refractivity contribution in [2.75, 3.05) is 13.7 Å². The zero-order chi connectivity index (χ0) is 15.2. The van der Waals surface area contributed by atoms with Gasteiger partial charge in [-0.15, -0.1) is 0 Å². The van der Waals surface area contributed by atoms with Crippen molar-refractivity contribution in [3.8, 4) is 5.75 Å². The summed E-state index contributed by atoms with van der Waals surface area (Å²) in [6.07, 6.45) is 0.768. The minimum atomic E-state index is -0.180. The lowest BCUT2D eigenvalue weighted by Gasteiger charge is -2.20. The monoisotopic (exact) mass is 287 g/mol. The summed E-state index contributed by atoms with van der Waals surface area (Å²) in [6.45, 7) is 4.96. The molecule has 0 saturated carbocycles. The number of hydrogen-bond donors (Lipinski definition) is 1. The summed E-state index contributed by atoms with van der Waals surface area (Å²) >= 11 is 0. The summed E-state index contributed by atoms with van der Waals surface area (Å²) in [5, 5.41) is 3.47. The van der Waals surface area contributed by atoms with Crippen molar-refractivity contribution in [1.82, 2.24) is 5.32 Å². The third-order valence-corrected chi connectivity index (χ3v) is 3.70. The van der Waals surface area contributed by atoms with Gasteiger partial charge in [-0.2, -0.15) is 0 Å². The van der Waals surface area contributed by atoms with Crippen LogP contribution in [0.3, 0.4) is 0 Å². The Labute approximate surface area is 126 Å². The van der Waals surface area contributed by atoms with Gasteiger partial charge in [-0.05, 0) is 60.8 Å². The molecule has 1 atom stereocenters. The van der Waals surface area contributed by atoms with Crippen LogP contribution in [0.15, 0.2) is 42.5 Å². The molecule has 1 N–H and O–H groups in total. The van der Waals surface area contributed by atoms with Gasteiger partial charge in [0.1, 0.15) is 11.6 Å². The second-order valence-corrected chi connectivity index (χ2v) is 5.16. The van der Waals surface area contributed by atoms with Gasteiger partial charge in [-0.1, -0.05) is 25.1 Å². The quantitative estimate of drug-likeness (QED) is 0.866. The van der Waals surface area contributed by atoms with Gasteiger partial charge in [-0.3, -0.25) is 0 Å². The standard InChI is InChI=1S/C18H22FNO/c1-4-20-18(14-6-9-17(21-3)10-7-14)12-15-11-16(19)8-5-13(15)2/h5-11,18,20H,4,12H2,1-3H3. The number of benzene rings is 2. The second kappa shape index (κ2) is 7.23. The molecule has 0 fully saturated rings. The van der Waals surface area contributed by atoms with Crippen LogP contribution >= 0.6 is 0 Å². The summed E-state index contributed by atoms with van der Waals surface area (Å²) in [4.78, 5) is 0. The first-order chi connectivity index (χ1) is 10.1. The summed E-state index contributed by atoms with van der Waals surface area (Å²) in [7, 11) is 1.66. The Kier molecular flexibility index (Phi) is 5.34. The molecule has 0 aliphatic rings. The second-order valence-electron chi connectivity index (χ2n) is 5.16. The molecule has 2 nitrogen and oxygen atoms in total. The van der Waals surface area contributed by atoms with Gasteiger partial charge in [0.25, 0.3) is 0 Å². The maximum Gasteiger partial charge on any atom is 0.123 e. The highest BCUT2D eigenvalue weighted by Gasteiger charge is 2.13. The van der Waals surface area contributed by atoms with Crippen molar-refractivity contribution in [3.05, 3.63) is 65.0 Å². The van der Waals surface area contributed by atoms with E-state index in [1.807, 2.05) is 25.1 Å². The van der Waals surface area contributed by atoms with Gasteiger partial charge in [-0.25, -0.2) is 4.39 Å². The van der Waals surface area contributed by atoms with Crippen LogP contribution in [0.25, 0.3) is 0 Å². The predicted molar refractivity (Wildman–Crippen MR) is 84.3 cm³/mol. The van der Waals surface area contributed by atoms with E-state index in [9.17, 15) is 4.39 Å². The van der Waals surface area contributed by atoms with Crippen molar-refractivity contribution >= 4 is 0 Å². The Hall–Kier alpha value is -1.87. The third kappa shape index (κ3) is 4.05. The summed E-state index contributed by atoms with van der Waals surface area (Å²) in [6, 6.07) is 13.2. The van der Waals surface area contributed by atoms with Gasteiger partial charge in [0.05, 0.1) is 7.11 Å². The van der Waals surface area contributed by atoms with Gasteiger partial charge < -0.3 is 10.1 Å². The first-order valence-electron chi connectivity index (χ1n) is 7.26. The van der Waals surface area contributed by atoms with Crippen LogP contribution in [0.2, 0.25) is 0 Å². The van der Waals surface area contributed by atoms with Crippen molar-refractivity contribution in [3.63, 3.8) is 0 Å². The molecule has 0 bridgehead atoms. The lowest BCUT2D eigenvalue weighted by Crippen LogP contribution is -2.23. The summed E-state index contributed by atoms with van der Waals surface area (Å²) < 4.78 is 18.6. The van der Waals surface area contributed by atoms with Crippen LogP contribution in [0.5, 0.6) is 5.75 Å². The number of hydrogen-bond acceptors (Lipinski definition) is 2. The van der Waals surface area contributed by atoms with E-state index in [1.54, 1.807) is 13.2 Å². The van der Waals surface area contributed by atoms with E-state index < -0.39 is 0 Å². The molecule has 0 aromatic heterocycles. The SMILES string of the molecule is CCNC(Cc1cc(F)ccc1C)c1ccc(OC)cc1. The Morgan fingerprint density at radius 3 is 2.48 bits per heavy atom. The Morgan fingerprint density at radius 2 is 1.86 bits per heavy atom. The zero-order valence-electron chi connectivity index (χ0n) is 12.8. The molecule has 0 aliphatic carbocycles. The van der Waals surface area contributed by atoms with Crippen LogP contribution in [-0.4, -0.2) is 13.7 Å². The lowest BCUT2D eigenvalue weighted by atomic mass is 9.96. The maximum absolute atomic E-state index is 13.4. The minimum absolute atomic E-state index is 0.168. The fraction of sp³-hybridized carbons (Fsp3) is 0.333. The van der Waals surface area contributed by atoms with Crippen LogP contribution in [0.1, 0.15) is 29.7 Å². The number of halogens is 1. The normalized spacial score (nSPS) is 12.2. The van der Waals surface area contributed by atoms with E-state index >= 15 is 0 Å². The van der Waals surface area contributed by atoms with Crippen LogP contribution in [-0.2, 0) is 6.42 Å². The van der Waals surface area contributed by atoms with E-state index in [0.717, 1.165) is 29.8 Å². The van der Waals surface area contributed by atoms with Crippen LogP contribution in [0, 0.1) is 12.7 Å². The van der Waals surface area contributed by atoms with Gasteiger partial charge in [0.15, 0.2) is 0 Å². The molecule has 21 heavy (non-hydrogen) atoms. The molecule has 2 aromatic carbocycles. The highest BCUT2D eigenvalue weighted by atomic mass is 19.1. The molecule has 2 rings (SSSR count). The molecule has 3 heteroatoms. The van der Waals surface area contributed by atoms with E-state index in [1.165, 1.54) is 11.6 Å². The fourth-order valence-corrected chi connectivity index (χ4v) is 2.47. The molecule has 0 aliphatic heterocycles. The Morgan fingerprint density at radius 1 is 1.14 bits per heavy atom. The number of rotatable bonds is 6. The molecule has 0 spiro atoms. The number of likely N-dealkylation sites (N-methyl/N-ethyl adjacent to an activating group) is 1. The van der Waals surface area contributed by atoms with E-state index in [2.05, 4.69) is 24.4 Å². The van der Waals surface area contributed by atoms with Gasteiger partial charge in [0, 0.05) is 6.04 Å². The molecular formula is C18H22FNO. The topological polar surface area (TPSA) is 21.3 Å². The van der Waals surface area contributed by atoms with E-state index in [0.29, 0.717) is 0 Å². The molecule has 0 heterocycles. The highest BCUT2D eigenvalue weighted by molar-refractivity contribution is 5.32. The third-order valence-electron chi connectivity index (χ3n) is 3.70. The first-order valence-corrected chi connectivity index (χ1v) is 7.26. The molecule has 2 aromatic rings. The molecular weight excluding hydrogens is 265 g/mol. The molecule has 0 saturated heterocycles. The van der Waals surface area contributed by atoms with Crippen molar-refractivity contribution in [2.45, 2.75) is 26.3 Å². The average Bonchev–Trinajstić information content (AvgIpc) is 2.50. The number of ether oxygens (including phenoxy) is 1. The minimum Gasteiger partial charge on any atom is -0.497 e. The van der Waals surface area contributed by atoms with Crippen molar-refractivity contribution in [2.24, 2.45) is 0 Å². The number of methoxy groups -OCH3 is 1. The Balaban J connectivity index is 2.23. The first kappa shape index (κ1) is 15.5.